The quantitative estimate of drug-likeness (QED) is 0.400. The molecule has 1 aliphatic rings. The van der Waals surface area contributed by atoms with Crippen molar-refractivity contribution in [1.29, 1.82) is 5.26 Å². The number of rotatable bonds is 7. The van der Waals surface area contributed by atoms with Crippen LogP contribution in [0.15, 0.2) is 18.2 Å². The van der Waals surface area contributed by atoms with E-state index in [1.165, 1.54) is 24.1 Å². The van der Waals surface area contributed by atoms with E-state index in [9.17, 15) is 19.7 Å². The van der Waals surface area contributed by atoms with Gasteiger partial charge in [0.15, 0.2) is 6.61 Å². The van der Waals surface area contributed by atoms with Crippen LogP contribution in [0.4, 0.5) is 11.4 Å². The molecule has 9 nitrogen and oxygen atoms in total. The average Bonchev–Trinajstić information content (AvgIpc) is 2.69. The van der Waals surface area contributed by atoms with E-state index in [1.807, 2.05) is 11.0 Å². The lowest BCUT2D eigenvalue weighted by molar-refractivity contribution is -0.384. The summed E-state index contributed by atoms with van der Waals surface area (Å²) in [6.45, 7) is 3.32. The van der Waals surface area contributed by atoms with Crippen LogP contribution in [-0.4, -0.2) is 55.0 Å². The van der Waals surface area contributed by atoms with Crippen LogP contribution in [0.5, 0.6) is 0 Å². The van der Waals surface area contributed by atoms with E-state index in [0.717, 1.165) is 25.9 Å². The molecule has 1 aliphatic heterocycles. The van der Waals surface area contributed by atoms with Gasteiger partial charge in [0.1, 0.15) is 5.69 Å². The van der Waals surface area contributed by atoms with Gasteiger partial charge in [-0.2, -0.15) is 5.26 Å². The molecule has 0 radical (unpaired) electrons. The van der Waals surface area contributed by atoms with Gasteiger partial charge in [0, 0.05) is 32.7 Å². The molecular formula is C19H24N4O5. The molecule has 0 aromatic heterocycles. The molecule has 1 amide bonds. The molecular weight excluding hydrogens is 364 g/mol. The molecule has 0 bridgehead atoms. The van der Waals surface area contributed by atoms with Gasteiger partial charge in [0.05, 0.1) is 23.0 Å². The molecule has 0 aliphatic carbocycles. The summed E-state index contributed by atoms with van der Waals surface area (Å²) in [6, 6.07) is 6.16. The van der Waals surface area contributed by atoms with Crippen LogP contribution in [0, 0.1) is 27.4 Å². The van der Waals surface area contributed by atoms with E-state index in [-0.39, 0.29) is 24.2 Å². The molecule has 1 atom stereocenters. The van der Waals surface area contributed by atoms with Crippen molar-refractivity contribution in [3.8, 4) is 6.07 Å². The summed E-state index contributed by atoms with van der Waals surface area (Å²) in [6.07, 6.45) is 2.23. The number of nitro groups is 1. The maximum atomic E-state index is 12.2. The fourth-order valence-corrected chi connectivity index (χ4v) is 3.14. The van der Waals surface area contributed by atoms with Gasteiger partial charge in [-0.25, -0.2) is 4.79 Å². The Bertz CT molecular complexity index is 789. The number of carbonyl (C=O) groups excluding carboxylic acids is 2. The number of ether oxygens (including phenoxy) is 1. The topological polar surface area (TPSA) is 117 Å². The zero-order valence-corrected chi connectivity index (χ0v) is 16.1. The molecule has 1 aromatic rings. The Morgan fingerprint density at radius 2 is 2.21 bits per heavy atom. The Balaban J connectivity index is 2.08. The summed E-state index contributed by atoms with van der Waals surface area (Å²) < 4.78 is 4.98. The van der Waals surface area contributed by atoms with Gasteiger partial charge in [-0.3, -0.25) is 14.9 Å². The first kappa shape index (κ1) is 21.2. The summed E-state index contributed by atoms with van der Waals surface area (Å²) in [5, 5.41) is 20.0. The summed E-state index contributed by atoms with van der Waals surface area (Å²) in [5.74, 6) is -0.803. The van der Waals surface area contributed by atoms with Crippen molar-refractivity contribution in [2.45, 2.75) is 26.2 Å². The molecule has 1 saturated heterocycles. The fourth-order valence-electron chi connectivity index (χ4n) is 3.14. The lowest BCUT2D eigenvalue weighted by atomic mass is 9.99. The molecule has 150 valence electrons. The SMILES string of the molecule is C[C@@H]1CCCN(c2ccc(C(=O)OCC(=O)N(C)CCC#N)cc2[N+](=O)[O-])C1. The number of nitro benzene ring substituents is 1. The van der Waals surface area contributed by atoms with E-state index in [4.69, 9.17) is 10.00 Å². The molecule has 1 fully saturated rings. The van der Waals surface area contributed by atoms with Gasteiger partial charge in [-0.05, 0) is 30.9 Å². The highest BCUT2D eigenvalue weighted by atomic mass is 16.6. The number of hydrogen-bond acceptors (Lipinski definition) is 7. The standard InChI is InChI=1S/C19H24N4O5/c1-14-5-3-10-22(12-14)16-7-6-15(11-17(16)23(26)27)19(25)28-13-18(24)21(2)9-4-8-20/h6-7,11,14H,3-5,9-10,12-13H2,1-2H3/t14-/m1/s1. The minimum atomic E-state index is -0.802. The maximum absolute atomic E-state index is 12.2. The minimum absolute atomic E-state index is 0.0213. The number of nitriles is 1. The average molecular weight is 388 g/mol. The van der Waals surface area contributed by atoms with Crippen LogP contribution in [-0.2, 0) is 9.53 Å². The lowest BCUT2D eigenvalue weighted by Crippen LogP contribution is -2.34. The van der Waals surface area contributed by atoms with Gasteiger partial charge in [-0.15, -0.1) is 0 Å². The van der Waals surface area contributed by atoms with E-state index in [0.29, 0.717) is 11.6 Å². The Labute approximate surface area is 163 Å². The molecule has 1 heterocycles. The highest BCUT2D eigenvalue weighted by Crippen LogP contribution is 2.32. The number of nitrogens with zero attached hydrogens (tertiary/aromatic N) is 4. The Kier molecular flexibility index (Phi) is 7.32. The first-order valence-corrected chi connectivity index (χ1v) is 9.15. The zero-order chi connectivity index (χ0) is 20.7. The van der Waals surface area contributed by atoms with Crippen LogP contribution >= 0.6 is 0 Å². The van der Waals surface area contributed by atoms with Crippen LogP contribution in [0.25, 0.3) is 0 Å². The summed E-state index contributed by atoms with van der Waals surface area (Å²) in [4.78, 5) is 38.4. The lowest BCUT2D eigenvalue weighted by Gasteiger charge is -2.32. The number of amides is 1. The van der Waals surface area contributed by atoms with Gasteiger partial charge >= 0.3 is 5.97 Å². The molecule has 0 spiro atoms. The Morgan fingerprint density at radius 3 is 2.86 bits per heavy atom. The predicted octanol–water partition coefficient (Wildman–Crippen LogP) is 2.36. The largest absolute Gasteiger partial charge is 0.452 e. The van der Waals surface area contributed by atoms with Gasteiger partial charge in [-0.1, -0.05) is 6.92 Å². The van der Waals surface area contributed by atoms with Crippen molar-refractivity contribution in [1.82, 2.24) is 4.90 Å². The van der Waals surface area contributed by atoms with Gasteiger partial charge in [0.25, 0.3) is 11.6 Å². The molecule has 0 N–H and O–H groups in total. The summed E-state index contributed by atoms with van der Waals surface area (Å²) in [5.41, 5.74) is 0.356. The zero-order valence-electron chi connectivity index (χ0n) is 16.1. The maximum Gasteiger partial charge on any atom is 0.338 e. The molecule has 28 heavy (non-hydrogen) atoms. The number of hydrogen-bond donors (Lipinski definition) is 0. The number of esters is 1. The monoisotopic (exact) mass is 388 g/mol. The second-order valence-electron chi connectivity index (χ2n) is 6.95. The Hall–Kier alpha value is -3.15. The summed E-state index contributed by atoms with van der Waals surface area (Å²) in [7, 11) is 1.51. The van der Waals surface area contributed by atoms with Crippen molar-refractivity contribution in [3.05, 3.63) is 33.9 Å². The molecule has 2 rings (SSSR count). The second kappa shape index (κ2) is 9.69. The number of piperidine rings is 1. The second-order valence-corrected chi connectivity index (χ2v) is 6.95. The molecule has 0 saturated carbocycles. The normalized spacial score (nSPS) is 16.2. The van der Waals surface area contributed by atoms with Gasteiger partial charge < -0.3 is 14.5 Å². The number of likely N-dealkylation sites (N-methyl/N-ethyl adjacent to an activating group) is 1. The number of anilines is 1. The fraction of sp³-hybridized carbons (Fsp3) is 0.526. The number of carbonyl (C=O) groups is 2. The van der Waals surface area contributed by atoms with Crippen LogP contribution in [0.2, 0.25) is 0 Å². The number of benzene rings is 1. The molecule has 9 heteroatoms. The van der Waals surface area contributed by atoms with Crippen LogP contribution in [0.3, 0.4) is 0 Å². The van der Waals surface area contributed by atoms with Crippen molar-refractivity contribution < 1.29 is 19.2 Å². The third kappa shape index (κ3) is 5.42. The Morgan fingerprint density at radius 1 is 1.46 bits per heavy atom. The van der Waals surface area contributed by atoms with Crippen molar-refractivity contribution in [2.75, 3.05) is 38.2 Å². The van der Waals surface area contributed by atoms with E-state index in [1.54, 1.807) is 6.07 Å². The van der Waals surface area contributed by atoms with Crippen LogP contribution < -0.4 is 4.90 Å². The van der Waals surface area contributed by atoms with Crippen molar-refractivity contribution >= 4 is 23.3 Å². The van der Waals surface area contributed by atoms with E-state index < -0.39 is 23.4 Å². The third-order valence-corrected chi connectivity index (χ3v) is 4.72. The molecule has 1 aromatic carbocycles. The smallest absolute Gasteiger partial charge is 0.338 e. The van der Waals surface area contributed by atoms with E-state index >= 15 is 0 Å². The third-order valence-electron chi connectivity index (χ3n) is 4.72. The summed E-state index contributed by atoms with van der Waals surface area (Å²) >= 11 is 0. The van der Waals surface area contributed by atoms with E-state index in [2.05, 4.69) is 6.92 Å². The van der Waals surface area contributed by atoms with Crippen LogP contribution in [0.1, 0.15) is 36.5 Å². The van der Waals surface area contributed by atoms with Gasteiger partial charge in [0.2, 0.25) is 0 Å². The van der Waals surface area contributed by atoms with Crippen molar-refractivity contribution in [2.24, 2.45) is 5.92 Å². The highest BCUT2D eigenvalue weighted by molar-refractivity contribution is 5.93. The first-order chi connectivity index (χ1) is 13.3. The first-order valence-electron chi connectivity index (χ1n) is 9.15. The molecule has 0 unspecified atom stereocenters. The predicted molar refractivity (Wildman–Crippen MR) is 102 cm³/mol. The minimum Gasteiger partial charge on any atom is -0.452 e. The van der Waals surface area contributed by atoms with Crippen molar-refractivity contribution in [3.63, 3.8) is 0 Å². The highest BCUT2D eigenvalue weighted by Gasteiger charge is 2.25.